The fourth-order valence-corrected chi connectivity index (χ4v) is 1.70. The summed E-state index contributed by atoms with van der Waals surface area (Å²) in [5.41, 5.74) is 5.76. The molecule has 0 aliphatic carbocycles. The molecule has 9 heavy (non-hydrogen) atoms. The molecule has 0 spiro atoms. The van der Waals surface area contributed by atoms with Crippen molar-refractivity contribution in [1.82, 2.24) is 0 Å². The van der Waals surface area contributed by atoms with Gasteiger partial charge in [0.25, 0.3) is 0 Å². The van der Waals surface area contributed by atoms with Crippen molar-refractivity contribution >= 4 is 0 Å². The van der Waals surface area contributed by atoms with Crippen LogP contribution in [0.5, 0.6) is 0 Å². The molecule has 1 saturated heterocycles. The molecule has 2 nitrogen and oxygen atoms in total. The van der Waals surface area contributed by atoms with Crippen molar-refractivity contribution in [3.63, 3.8) is 0 Å². The van der Waals surface area contributed by atoms with E-state index in [-0.39, 0.29) is 6.04 Å². The summed E-state index contributed by atoms with van der Waals surface area (Å²) in [7, 11) is 0. The Morgan fingerprint density at radius 1 is 1.67 bits per heavy atom. The van der Waals surface area contributed by atoms with Crippen LogP contribution in [0.4, 0.5) is 0 Å². The number of ether oxygens (including phenoxy) is 1. The van der Waals surface area contributed by atoms with Crippen molar-refractivity contribution in [3.8, 4) is 0 Å². The van der Waals surface area contributed by atoms with Gasteiger partial charge in [-0.1, -0.05) is 0 Å². The van der Waals surface area contributed by atoms with E-state index in [0.717, 1.165) is 13.0 Å². The molecule has 1 rings (SSSR count). The van der Waals surface area contributed by atoms with E-state index >= 15 is 0 Å². The maximum atomic E-state index is 5.76. The van der Waals surface area contributed by atoms with Crippen LogP contribution in [0.15, 0.2) is 0 Å². The number of rotatable bonds is 0. The zero-order chi connectivity index (χ0) is 6.85. The predicted octanol–water partition coefficient (Wildman–Crippen LogP) is 0.245. The van der Waals surface area contributed by atoms with Gasteiger partial charge < -0.3 is 0 Å². The molecular formula is C6H12AtNO. The first-order valence-corrected chi connectivity index (χ1v) is 4.91. The molecule has 3 atom stereocenters. The Labute approximate surface area is 71.0 Å². The molecule has 0 amide bonds. The fourth-order valence-electron chi connectivity index (χ4n) is 1.02. The number of nitrogens with two attached hydrogens (primary N) is 1. The van der Waals surface area contributed by atoms with Crippen LogP contribution in [0.3, 0.4) is 0 Å². The van der Waals surface area contributed by atoms with E-state index in [2.05, 4.69) is 6.92 Å². The summed E-state index contributed by atoms with van der Waals surface area (Å²) < 4.78 is 5.72. The molecule has 1 aliphatic rings. The van der Waals surface area contributed by atoms with Gasteiger partial charge in [0.1, 0.15) is 0 Å². The number of hydrogen-bond acceptors (Lipinski definition) is 2. The van der Waals surface area contributed by atoms with E-state index < -0.39 is 0 Å². The van der Waals surface area contributed by atoms with Crippen molar-refractivity contribution in [2.75, 3.05) is 6.61 Å². The molecule has 2 N–H and O–H groups in total. The molecule has 0 bridgehead atoms. The third kappa shape index (κ3) is 2.14. The average molecular weight is 324 g/mol. The third-order valence-corrected chi connectivity index (χ3v) is 3.30. The normalized spacial score (nSPS) is 45.0. The molecule has 1 fully saturated rings. The first-order chi connectivity index (χ1) is 4.20. The van der Waals surface area contributed by atoms with Crippen molar-refractivity contribution in [2.45, 2.75) is 23.2 Å². The zero-order valence-electron chi connectivity index (χ0n) is 5.51. The molecule has 54 valence electrons. The Morgan fingerprint density at radius 3 is 2.78 bits per heavy atom. The Kier molecular flexibility index (Phi) is 2.87. The molecule has 0 saturated carbocycles. The summed E-state index contributed by atoms with van der Waals surface area (Å²) in [5.74, 6) is 0.658. The predicted molar refractivity (Wildman–Crippen MR) is 31.5 cm³/mol. The van der Waals surface area contributed by atoms with Gasteiger partial charge in [0.05, 0.1) is 0 Å². The van der Waals surface area contributed by atoms with Crippen LogP contribution in [0.1, 0.15) is 13.3 Å². The van der Waals surface area contributed by atoms with Crippen LogP contribution in [0.2, 0.25) is 0 Å². The van der Waals surface area contributed by atoms with Gasteiger partial charge in [-0.2, -0.15) is 0 Å². The summed E-state index contributed by atoms with van der Waals surface area (Å²) >= 11 is 1.65. The van der Waals surface area contributed by atoms with E-state index in [9.17, 15) is 0 Å². The Hall–Kier alpha value is 0.803. The minimum absolute atomic E-state index is 0.283. The van der Waals surface area contributed by atoms with Gasteiger partial charge >= 0.3 is 70.9 Å². The van der Waals surface area contributed by atoms with Crippen LogP contribution in [0.25, 0.3) is 0 Å². The van der Waals surface area contributed by atoms with Crippen molar-refractivity contribution in [2.24, 2.45) is 11.7 Å². The molecule has 1 aliphatic heterocycles. The van der Waals surface area contributed by atoms with Gasteiger partial charge in [-0.3, -0.25) is 0 Å². The van der Waals surface area contributed by atoms with Crippen LogP contribution >= 0.6 is 0 Å². The fraction of sp³-hybridized carbons (Fsp3) is 1.00. The van der Waals surface area contributed by atoms with E-state index in [1.807, 2.05) is 0 Å². The van der Waals surface area contributed by atoms with Crippen molar-refractivity contribution in [3.05, 3.63) is 0 Å². The first kappa shape index (κ1) is 7.91. The van der Waals surface area contributed by atoms with E-state index in [1.54, 1.807) is 24.7 Å². The second-order valence-electron chi connectivity index (χ2n) is 2.69. The molecule has 1 heterocycles. The molecule has 0 radical (unpaired) electrons. The second kappa shape index (κ2) is 3.27. The molecular weight excluding hydrogens is 312 g/mol. The maximum absolute atomic E-state index is 5.76. The second-order valence-corrected chi connectivity index (χ2v) is 4.36. The molecule has 0 aromatic rings. The third-order valence-electron chi connectivity index (χ3n) is 1.55. The van der Waals surface area contributed by atoms with Gasteiger partial charge in [-0.15, -0.1) is 0 Å². The van der Waals surface area contributed by atoms with Crippen LogP contribution in [-0.2, 0) is 4.74 Å². The van der Waals surface area contributed by atoms with Gasteiger partial charge in [0, 0.05) is 0 Å². The van der Waals surface area contributed by atoms with Gasteiger partial charge in [-0.25, -0.2) is 0 Å². The SMILES string of the molecule is C[C@H]1CO[C@H]([At])[C@@H](N)C1. The Morgan fingerprint density at radius 2 is 2.33 bits per heavy atom. The van der Waals surface area contributed by atoms with Gasteiger partial charge in [0.2, 0.25) is 0 Å². The van der Waals surface area contributed by atoms with Crippen LogP contribution < -0.4 is 5.73 Å². The summed E-state index contributed by atoms with van der Waals surface area (Å²) in [6, 6.07) is 0.283. The summed E-state index contributed by atoms with van der Waals surface area (Å²) in [4.78, 5) is 0. The first-order valence-electron chi connectivity index (χ1n) is 3.21. The molecule has 0 aromatic heterocycles. The van der Waals surface area contributed by atoms with E-state index in [1.165, 1.54) is 0 Å². The summed E-state index contributed by atoms with van der Waals surface area (Å²) in [6.07, 6.45) is 1.13. The average Bonchev–Trinajstić information content (AvgIpc) is 1.80. The topological polar surface area (TPSA) is 35.2 Å². The Balaban J connectivity index is 2.35. The molecule has 0 unspecified atom stereocenters. The molecule has 3 heteroatoms. The minimum atomic E-state index is 0.283. The van der Waals surface area contributed by atoms with E-state index in [0.29, 0.717) is 9.73 Å². The summed E-state index contributed by atoms with van der Waals surface area (Å²) in [5, 5.41) is 0. The number of hydrogen-bond donors (Lipinski definition) is 1. The monoisotopic (exact) mass is 324 g/mol. The summed E-state index contributed by atoms with van der Waals surface area (Å²) in [6.45, 7) is 3.08. The van der Waals surface area contributed by atoms with Gasteiger partial charge in [-0.05, 0) is 0 Å². The van der Waals surface area contributed by atoms with Crippen LogP contribution in [0, 0.1) is 30.6 Å². The zero-order valence-corrected chi connectivity index (χ0v) is 8.45. The quantitative estimate of drug-likeness (QED) is 0.693. The van der Waals surface area contributed by atoms with Crippen molar-refractivity contribution < 1.29 is 29.5 Å². The molecule has 0 aromatic carbocycles. The Bertz CT molecular complexity index is 99.1. The van der Waals surface area contributed by atoms with Crippen LogP contribution in [-0.4, -0.2) is 16.5 Å². The van der Waals surface area contributed by atoms with E-state index in [4.69, 9.17) is 10.5 Å². The standard InChI is InChI=1S/C6H12AtNO/c1-4-2-5(8)6(7)9-3-4/h4-6H,2-3,8H2,1H3/t4-,5+,6+/m1/s1. The van der Waals surface area contributed by atoms with Crippen molar-refractivity contribution in [1.29, 1.82) is 0 Å². The van der Waals surface area contributed by atoms with Gasteiger partial charge in [0.15, 0.2) is 0 Å².